The lowest BCUT2D eigenvalue weighted by Gasteiger charge is -2.39. The third-order valence-electron chi connectivity index (χ3n) is 4.70. The molecule has 2 aromatic rings. The summed E-state index contributed by atoms with van der Waals surface area (Å²) in [6.45, 7) is -0.693. The molecule has 1 aromatic carbocycles. The fourth-order valence-corrected chi connectivity index (χ4v) is 3.10. The Morgan fingerprint density at radius 3 is 2.40 bits per heavy atom. The molecule has 11 heteroatoms. The summed E-state index contributed by atoms with van der Waals surface area (Å²) in [7, 11) is 0. The molecule has 0 spiro atoms. The van der Waals surface area contributed by atoms with Gasteiger partial charge in [0.25, 0.3) is 0 Å². The summed E-state index contributed by atoms with van der Waals surface area (Å²) < 4.78 is 50.6. The summed E-state index contributed by atoms with van der Waals surface area (Å²) in [5.74, 6) is 1.88. The average Bonchev–Trinajstić information content (AvgIpc) is 3.11. The Bertz CT molecular complexity index is 908. The maximum absolute atomic E-state index is 13.4. The largest absolute Gasteiger partial charge is 0.465 e. The van der Waals surface area contributed by atoms with E-state index in [-0.39, 0.29) is 12.0 Å². The molecule has 0 saturated carbocycles. The molecule has 0 aliphatic carbocycles. The number of aromatic amines is 1. The number of rotatable bonds is 5. The second kappa shape index (κ2) is 8.63. The topological polar surface area (TPSA) is 128 Å². The van der Waals surface area contributed by atoms with E-state index in [0.717, 1.165) is 0 Å². The van der Waals surface area contributed by atoms with E-state index in [2.05, 4.69) is 11.0 Å². The van der Waals surface area contributed by atoms with E-state index >= 15 is 0 Å². The number of benzene rings is 1. The van der Waals surface area contributed by atoms with Gasteiger partial charge in [-0.25, -0.2) is 0 Å². The standard InChI is InChI=1S/C19H19F3N2O6/c1-2-9-3-5-10(6-4-9)7-11-16(19(20,21)22)23-24-17(11)30-15-14(27)13(26)12(8-25)29-18(15)28/h1,3-6,12-15,18,25-28H,7-8H2,(H,23,24)/t12-,13-,14+,15-,18-/m1/s1. The van der Waals surface area contributed by atoms with Crippen molar-refractivity contribution in [2.24, 2.45) is 0 Å². The predicted octanol–water partition coefficient (Wildman–Crippen LogP) is 0.179. The number of terminal acetylenes is 1. The van der Waals surface area contributed by atoms with Crippen molar-refractivity contribution < 1.29 is 43.1 Å². The molecule has 162 valence electrons. The number of hydrogen-bond acceptors (Lipinski definition) is 7. The average molecular weight is 428 g/mol. The van der Waals surface area contributed by atoms with E-state index in [9.17, 15) is 28.5 Å². The van der Waals surface area contributed by atoms with Crippen LogP contribution >= 0.6 is 0 Å². The van der Waals surface area contributed by atoms with Crippen LogP contribution in [0.5, 0.6) is 5.88 Å². The van der Waals surface area contributed by atoms with Crippen LogP contribution in [-0.4, -0.2) is 67.9 Å². The van der Waals surface area contributed by atoms with Crippen LogP contribution in [0.1, 0.15) is 22.4 Å². The van der Waals surface area contributed by atoms with Gasteiger partial charge < -0.3 is 29.9 Å². The van der Waals surface area contributed by atoms with Crippen LogP contribution in [0.25, 0.3) is 0 Å². The first-order valence-corrected chi connectivity index (χ1v) is 8.82. The molecule has 1 saturated heterocycles. The number of alkyl halides is 3. The Labute approximate surface area is 168 Å². The third-order valence-corrected chi connectivity index (χ3v) is 4.70. The second-order valence-electron chi connectivity index (χ2n) is 6.71. The lowest BCUT2D eigenvalue weighted by Crippen LogP contribution is -2.60. The summed E-state index contributed by atoms with van der Waals surface area (Å²) in [4.78, 5) is 0. The SMILES string of the molecule is C#Cc1ccc(Cc2c(O[C@@H]3[C@@H](O)[C@H](O)[C@@H](CO)O[C@H]3O)n[nH]c2C(F)(F)F)cc1. The Balaban J connectivity index is 1.91. The summed E-state index contributed by atoms with van der Waals surface area (Å²) in [5, 5.41) is 44.6. The molecule has 1 aliphatic heterocycles. The molecule has 8 nitrogen and oxygen atoms in total. The summed E-state index contributed by atoms with van der Waals surface area (Å²) in [6.07, 6.45) is -7.88. The smallest absolute Gasteiger partial charge is 0.433 e. The van der Waals surface area contributed by atoms with Crippen LogP contribution in [0.2, 0.25) is 0 Å². The highest BCUT2D eigenvalue weighted by Crippen LogP contribution is 2.36. The third kappa shape index (κ3) is 4.43. The first-order chi connectivity index (χ1) is 14.2. The zero-order chi connectivity index (χ0) is 22.1. The van der Waals surface area contributed by atoms with Crippen LogP contribution in [-0.2, 0) is 17.3 Å². The van der Waals surface area contributed by atoms with Crippen molar-refractivity contribution in [1.82, 2.24) is 10.2 Å². The Hall–Kier alpha value is -2.62. The van der Waals surface area contributed by atoms with E-state index in [1.165, 1.54) is 0 Å². The van der Waals surface area contributed by atoms with Gasteiger partial charge in [-0.15, -0.1) is 11.5 Å². The van der Waals surface area contributed by atoms with Gasteiger partial charge in [0.15, 0.2) is 12.4 Å². The van der Waals surface area contributed by atoms with Gasteiger partial charge in [0, 0.05) is 12.0 Å². The maximum atomic E-state index is 13.4. The molecular formula is C19H19F3N2O6. The van der Waals surface area contributed by atoms with Crippen molar-refractivity contribution in [1.29, 1.82) is 0 Å². The fraction of sp³-hybridized carbons (Fsp3) is 0.421. The molecule has 0 bridgehead atoms. The molecule has 2 heterocycles. The van der Waals surface area contributed by atoms with E-state index in [1.807, 2.05) is 5.10 Å². The zero-order valence-corrected chi connectivity index (χ0v) is 15.4. The number of hydrogen-bond donors (Lipinski definition) is 5. The van der Waals surface area contributed by atoms with E-state index in [0.29, 0.717) is 11.1 Å². The van der Waals surface area contributed by atoms with Gasteiger partial charge in [0.2, 0.25) is 5.88 Å². The van der Waals surface area contributed by atoms with E-state index < -0.39 is 55.1 Å². The number of H-pyrrole nitrogens is 1. The van der Waals surface area contributed by atoms with E-state index in [4.69, 9.17) is 21.0 Å². The minimum absolute atomic E-state index is 0.243. The van der Waals surface area contributed by atoms with E-state index in [1.54, 1.807) is 24.3 Å². The maximum Gasteiger partial charge on any atom is 0.433 e. The first-order valence-electron chi connectivity index (χ1n) is 8.82. The molecule has 3 rings (SSSR count). The molecule has 1 fully saturated rings. The Kier molecular flexibility index (Phi) is 6.35. The molecule has 5 N–H and O–H groups in total. The number of halogens is 3. The summed E-state index contributed by atoms with van der Waals surface area (Å²) in [6, 6.07) is 6.23. The summed E-state index contributed by atoms with van der Waals surface area (Å²) >= 11 is 0. The first kappa shape index (κ1) is 22.1. The van der Waals surface area contributed by atoms with Crippen molar-refractivity contribution in [2.75, 3.05) is 6.61 Å². The predicted molar refractivity (Wildman–Crippen MR) is 95.2 cm³/mol. The minimum atomic E-state index is -4.77. The van der Waals surface area contributed by atoms with Crippen LogP contribution in [0.3, 0.4) is 0 Å². The second-order valence-corrected chi connectivity index (χ2v) is 6.71. The van der Waals surface area contributed by atoms with Gasteiger partial charge in [-0.3, -0.25) is 5.10 Å². The molecule has 30 heavy (non-hydrogen) atoms. The zero-order valence-electron chi connectivity index (χ0n) is 15.4. The highest BCUT2D eigenvalue weighted by molar-refractivity contribution is 5.40. The lowest BCUT2D eigenvalue weighted by molar-refractivity contribution is -0.281. The van der Waals surface area contributed by atoms with Crippen LogP contribution < -0.4 is 4.74 Å². The van der Waals surface area contributed by atoms with Gasteiger partial charge in [0.1, 0.15) is 24.0 Å². The van der Waals surface area contributed by atoms with Crippen molar-refractivity contribution >= 4 is 0 Å². The number of ether oxygens (including phenoxy) is 2. The van der Waals surface area contributed by atoms with Gasteiger partial charge in [-0.1, -0.05) is 18.1 Å². The van der Waals surface area contributed by atoms with Gasteiger partial charge in [0.05, 0.1) is 12.2 Å². The number of aromatic nitrogens is 2. The fourth-order valence-electron chi connectivity index (χ4n) is 3.10. The molecule has 0 amide bonds. The molecule has 1 aromatic heterocycles. The number of nitrogens with one attached hydrogen (secondary N) is 1. The normalized spacial score (nSPS) is 26.9. The number of nitrogens with zero attached hydrogens (tertiary/aromatic N) is 1. The van der Waals surface area contributed by atoms with Crippen LogP contribution in [0.15, 0.2) is 24.3 Å². The molecular weight excluding hydrogens is 409 g/mol. The molecule has 0 radical (unpaired) electrons. The van der Waals surface area contributed by atoms with Gasteiger partial charge in [-0.05, 0) is 17.7 Å². The molecule has 1 aliphatic rings. The van der Waals surface area contributed by atoms with Crippen molar-refractivity contribution in [2.45, 2.75) is 43.3 Å². The summed E-state index contributed by atoms with van der Waals surface area (Å²) in [5.41, 5.74) is -0.495. The Morgan fingerprint density at radius 2 is 1.83 bits per heavy atom. The van der Waals surface area contributed by atoms with Crippen LogP contribution in [0.4, 0.5) is 13.2 Å². The van der Waals surface area contributed by atoms with Gasteiger partial charge >= 0.3 is 6.18 Å². The quantitative estimate of drug-likeness (QED) is 0.430. The molecule has 0 unspecified atom stereocenters. The lowest BCUT2D eigenvalue weighted by atomic mass is 9.99. The van der Waals surface area contributed by atoms with Crippen LogP contribution in [0, 0.1) is 12.3 Å². The number of aliphatic hydroxyl groups is 4. The highest BCUT2D eigenvalue weighted by atomic mass is 19.4. The van der Waals surface area contributed by atoms with Crippen molar-refractivity contribution in [3.05, 3.63) is 46.6 Å². The number of aliphatic hydroxyl groups excluding tert-OH is 4. The highest BCUT2D eigenvalue weighted by Gasteiger charge is 2.46. The molecule has 5 atom stereocenters. The Morgan fingerprint density at radius 1 is 1.17 bits per heavy atom. The van der Waals surface area contributed by atoms with Crippen molar-refractivity contribution in [3.8, 4) is 18.2 Å². The monoisotopic (exact) mass is 428 g/mol. The minimum Gasteiger partial charge on any atom is -0.465 e. The van der Waals surface area contributed by atoms with Crippen molar-refractivity contribution in [3.63, 3.8) is 0 Å². The van der Waals surface area contributed by atoms with Gasteiger partial charge in [-0.2, -0.15) is 13.2 Å².